The van der Waals surface area contributed by atoms with Gasteiger partial charge in [-0.3, -0.25) is 14.9 Å². The molecule has 0 radical (unpaired) electrons. The van der Waals surface area contributed by atoms with Crippen LogP contribution in [0.2, 0.25) is 0 Å². The van der Waals surface area contributed by atoms with Crippen molar-refractivity contribution >= 4 is 17.6 Å². The summed E-state index contributed by atoms with van der Waals surface area (Å²) in [5.74, 6) is -1.00. The third-order valence-electron chi connectivity index (χ3n) is 7.16. The molecule has 39 heavy (non-hydrogen) atoms. The van der Waals surface area contributed by atoms with Crippen molar-refractivity contribution in [3.63, 3.8) is 0 Å². The number of benzene rings is 1. The highest BCUT2D eigenvalue weighted by molar-refractivity contribution is 5.80. The molecule has 1 unspecified atom stereocenters. The summed E-state index contributed by atoms with van der Waals surface area (Å²) in [4.78, 5) is 34.1. The van der Waals surface area contributed by atoms with Crippen LogP contribution in [0.1, 0.15) is 149 Å². The lowest BCUT2D eigenvalue weighted by molar-refractivity contribution is -0.384. The van der Waals surface area contributed by atoms with Gasteiger partial charge in [0.15, 0.2) is 6.10 Å². The van der Waals surface area contributed by atoms with E-state index >= 15 is 0 Å². The summed E-state index contributed by atoms with van der Waals surface area (Å²) in [6.45, 7) is 3.54. The summed E-state index contributed by atoms with van der Waals surface area (Å²) < 4.78 is 10.4. The van der Waals surface area contributed by atoms with E-state index in [4.69, 9.17) is 9.47 Å². The molecule has 1 rings (SSSR count). The zero-order valence-electron chi connectivity index (χ0n) is 24.6. The van der Waals surface area contributed by atoms with E-state index in [1.807, 2.05) is 0 Å². The van der Waals surface area contributed by atoms with Gasteiger partial charge in [0.25, 0.3) is 5.69 Å². The zero-order valence-corrected chi connectivity index (χ0v) is 24.6. The predicted octanol–water partition coefficient (Wildman–Crippen LogP) is 9.64. The van der Waals surface area contributed by atoms with Crippen LogP contribution in [0.5, 0.6) is 5.75 Å². The SMILES string of the molecule is CCCCCCCCCCCCCCCCCCCCCCC(OC(C)=O)C(=O)Oc1ccc([N+](=O)[O-])cc1. The molecule has 0 N–H and O–H groups in total. The fourth-order valence-electron chi connectivity index (χ4n) is 4.83. The number of hydrogen-bond donors (Lipinski definition) is 0. The molecule has 1 atom stereocenters. The molecule has 0 aromatic heterocycles. The Morgan fingerprint density at radius 3 is 1.44 bits per heavy atom. The second-order valence-electron chi connectivity index (χ2n) is 10.8. The second kappa shape index (κ2) is 23.4. The maximum atomic E-state index is 12.5. The summed E-state index contributed by atoms with van der Waals surface area (Å²) >= 11 is 0. The van der Waals surface area contributed by atoms with Crippen molar-refractivity contribution in [3.8, 4) is 5.75 Å². The third kappa shape index (κ3) is 19.3. The van der Waals surface area contributed by atoms with Crippen LogP contribution in [0.15, 0.2) is 24.3 Å². The Kier molecular flexibility index (Phi) is 20.8. The number of unbranched alkanes of at least 4 members (excludes halogenated alkanes) is 19. The molecule has 7 nitrogen and oxygen atoms in total. The van der Waals surface area contributed by atoms with Crippen molar-refractivity contribution in [2.24, 2.45) is 0 Å². The number of esters is 2. The quantitative estimate of drug-likeness (QED) is 0.0397. The van der Waals surface area contributed by atoms with E-state index in [9.17, 15) is 19.7 Å². The summed E-state index contributed by atoms with van der Waals surface area (Å²) in [6.07, 6.45) is 25.5. The Morgan fingerprint density at radius 1 is 0.692 bits per heavy atom. The number of rotatable bonds is 25. The van der Waals surface area contributed by atoms with Gasteiger partial charge in [0.2, 0.25) is 0 Å². The van der Waals surface area contributed by atoms with Gasteiger partial charge >= 0.3 is 11.9 Å². The highest BCUT2D eigenvalue weighted by Gasteiger charge is 2.23. The summed E-state index contributed by atoms with van der Waals surface area (Å²) in [6, 6.07) is 5.25. The van der Waals surface area contributed by atoms with E-state index in [1.165, 1.54) is 140 Å². The van der Waals surface area contributed by atoms with Crippen LogP contribution in [-0.2, 0) is 14.3 Å². The van der Waals surface area contributed by atoms with Crippen molar-refractivity contribution in [3.05, 3.63) is 34.4 Å². The molecule has 0 heterocycles. The monoisotopic (exact) mass is 547 g/mol. The fraction of sp³-hybridized carbons (Fsp3) is 0.750. The van der Waals surface area contributed by atoms with Gasteiger partial charge in [0.1, 0.15) is 5.75 Å². The van der Waals surface area contributed by atoms with Gasteiger partial charge in [0.05, 0.1) is 4.92 Å². The Balaban J connectivity index is 2.00. The first kappa shape index (κ1) is 34.6. The molecule has 222 valence electrons. The van der Waals surface area contributed by atoms with E-state index < -0.39 is 23.0 Å². The van der Waals surface area contributed by atoms with Gasteiger partial charge in [-0.1, -0.05) is 129 Å². The molecular weight excluding hydrogens is 494 g/mol. The Morgan fingerprint density at radius 2 is 1.08 bits per heavy atom. The van der Waals surface area contributed by atoms with Crippen LogP contribution in [0.4, 0.5) is 5.69 Å². The smallest absolute Gasteiger partial charge is 0.352 e. The molecule has 7 heteroatoms. The molecule has 0 aliphatic rings. The molecule has 0 saturated heterocycles. The van der Waals surface area contributed by atoms with Crippen LogP contribution in [0, 0.1) is 10.1 Å². The van der Waals surface area contributed by atoms with Gasteiger partial charge in [-0.25, -0.2) is 4.79 Å². The lowest BCUT2D eigenvalue weighted by atomic mass is 10.0. The first-order valence-electron chi connectivity index (χ1n) is 15.6. The van der Waals surface area contributed by atoms with Crippen molar-refractivity contribution < 1.29 is 24.0 Å². The topological polar surface area (TPSA) is 95.7 Å². The summed E-state index contributed by atoms with van der Waals surface area (Å²) in [7, 11) is 0. The first-order valence-corrected chi connectivity index (χ1v) is 15.6. The van der Waals surface area contributed by atoms with E-state index in [2.05, 4.69) is 6.92 Å². The largest absolute Gasteiger partial charge is 0.451 e. The van der Waals surface area contributed by atoms with Gasteiger partial charge in [-0.05, 0) is 25.0 Å². The minimum atomic E-state index is -0.965. The number of nitro groups is 1. The van der Waals surface area contributed by atoms with Crippen LogP contribution in [0.25, 0.3) is 0 Å². The van der Waals surface area contributed by atoms with E-state index in [1.54, 1.807) is 0 Å². The standard InChI is InChI=1S/C32H53NO6/c1-3-4-5-6-7-8-9-10-11-12-13-14-15-16-17-18-19-20-21-22-23-31(38-28(2)34)32(35)39-30-26-24-29(25-27-30)33(36)37/h24-27,31H,3-23H2,1-2H3. The molecule has 0 bridgehead atoms. The second-order valence-corrected chi connectivity index (χ2v) is 10.8. The average molecular weight is 548 g/mol. The molecule has 0 aliphatic carbocycles. The number of nitro benzene ring substituents is 1. The lowest BCUT2D eigenvalue weighted by Gasteiger charge is -2.15. The number of carbonyl (C=O) groups excluding carboxylic acids is 2. The minimum Gasteiger partial charge on any atom is -0.451 e. The van der Waals surface area contributed by atoms with E-state index in [0.29, 0.717) is 6.42 Å². The van der Waals surface area contributed by atoms with Gasteiger partial charge in [-0.2, -0.15) is 0 Å². The van der Waals surface area contributed by atoms with Gasteiger partial charge < -0.3 is 9.47 Å². The number of carbonyl (C=O) groups is 2. The van der Waals surface area contributed by atoms with Crippen molar-refractivity contribution in [1.29, 1.82) is 0 Å². The highest BCUT2D eigenvalue weighted by atomic mass is 16.6. The highest BCUT2D eigenvalue weighted by Crippen LogP contribution is 2.20. The molecule has 0 spiro atoms. The molecule has 0 saturated carbocycles. The number of nitrogens with zero attached hydrogens (tertiary/aromatic N) is 1. The summed E-state index contributed by atoms with van der Waals surface area (Å²) in [5, 5.41) is 10.8. The van der Waals surface area contributed by atoms with Crippen LogP contribution >= 0.6 is 0 Å². The predicted molar refractivity (Wildman–Crippen MR) is 157 cm³/mol. The number of ether oxygens (including phenoxy) is 2. The van der Waals surface area contributed by atoms with Crippen LogP contribution in [0.3, 0.4) is 0 Å². The van der Waals surface area contributed by atoms with Crippen LogP contribution in [-0.4, -0.2) is 23.0 Å². The molecule has 0 fully saturated rings. The Hall–Kier alpha value is -2.44. The third-order valence-corrected chi connectivity index (χ3v) is 7.16. The van der Waals surface area contributed by atoms with Crippen molar-refractivity contribution in [2.45, 2.75) is 155 Å². The van der Waals surface area contributed by atoms with Crippen molar-refractivity contribution in [2.75, 3.05) is 0 Å². The van der Waals surface area contributed by atoms with E-state index in [0.717, 1.165) is 19.3 Å². The minimum absolute atomic E-state index is 0.0873. The van der Waals surface area contributed by atoms with Gasteiger partial charge in [0, 0.05) is 19.1 Å². The summed E-state index contributed by atoms with van der Waals surface area (Å²) in [5.41, 5.74) is -0.0873. The molecule has 0 aliphatic heterocycles. The first-order chi connectivity index (χ1) is 18.9. The van der Waals surface area contributed by atoms with Crippen molar-refractivity contribution in [1.82, 2.24) is 0 Å². The molecular formula is C32H53NO6. The zero-order chi connectivity index (χ0) is 28.6. The average Bonchev–Trinajstić information content (AvgIpc) is 2.91. The fourth-order valence-corrected chi connectivity index (χ4v) is 4.83. The molecule has 1 aromatic rings. The Bertz CT molecular complexity index is 779. The maximum Gasteiger partial charge on any atom is 0.352 e. The number of hydrogen-bond acceptors (Lipinski definition) is 6. The lowest BCUT2D eigenvalue weighted by Crippen LogP contribution is -2.30. The Labute approximate surface area is 236 Å². The number of non-ortho nitro benzene ring substituents is 1. The molecule has 0 amide bonds. The maximum absolute atomic E-state index is 12.5. The normalized spacial score (nSPS) is 11.7. The van der Waals surface area contributed by atoms with Crippen LogP contribution < -0.4 is 4.74 Å². The molecule has 1 aromatic carbocycles. The van der Waals surface area contributed by atoms with E-state index in [-0.39, 0.29) is 11.4 Å². The van der Waals surface area contributed by atoms with Gasteiger partial charge in [-0.15, -0.1) is 0 Å².